The highest BCUT2D eigenvalue weighted by Gasteiger charge is 2.10. The molecule has 0 radical (unpaired) electrons. The van der Waals surface area contributed by atoms with Crippen LogP contribution in [0.1, 0.15) is 18.4 Å². The predicted octanol–water partition coefficient (Wildman–Crippen LogP) is 5.81. The minimum atomic E-state index is 0.747. The fraction of sp³-hybridized carbons (Fsp3) is 0.130. The number of allylic oxidation sites excluding steroid dienone is 4. The Bertz CT molecular complexity index is 919. The van der Waals surface area contributed by atoms with Crippen molar-refractivity contribution < 1.29 is 4.74 Å². The molecule has 1 aliphatic rings. The molecule has 0 aliphatic heterocycles. The van der Waals surface area contributed by atoms with E-state index in [1.54, 1.807) is 12.3 Å². The van der Waals surface area contributed by atoms with Crippen molar-refractivity contribution in [1.29, 1.82) is 0 Å². The van der Waals surface area contributed by atoms with Crippen molar-refractivity contribution in [2.24, 2.45) is 4.99 Å². The van der Waals surface area contributed by atoms with E-state index in [1.165, 1.54) is 5.56 Å². The quantitative estimate of drug-likeness (QED) is 0.621. The summed E-state index contributed by atoms with van der Waals surface area (Å²) in [6.07, 6.45) is 11.0. The van der Waals surface area contributed by atoms with Gasteiger partial charge in [0, 0.05) is 18.0 Å². The number of aryl methyl sites for hydroxylation is 1. The van der Waals surface area contributed by atoms with E-state index in [-0.39, 0.29) is 0 Å². The lowest BCUT2D eigenvalue weighted by Crippen LogP contribution is -2.00. The Morgan fingerprint density at radius 3 is 2.96 bits per heavy atom. The van der Waals surface area contributed by atoms with E-state index in [9.17, 15) is 0 Å². The second-order valence-corrected chi connectivity index (χ2v) is 6.12. The highest BCUT2D eigenvalue weighted by atomic mass is 16.5. The van der Waals surface area contributed by atoms with Crippen molar-refractivity contribution in [3.63, 3.8) is 0 Å². The van der Waals surface area contributed by atoms with E-state index in [4.69, 9.17) is 4.74 Å². The molecule has 0 unspecified atom stereocenters. The van der Waals surface area contributed by atoms with Gasteiger partial charge in [-0.2, -0.15) is 0 Å². The number of aromatic nitrogens is 1. The second kappa shape index (κ2) is 8.26. The largest absolute Gasteiger partial charge is 0.458 e. The van der Waals surface area contributed by atoms with Crippen molar-refractivity contribution in [2.45, 2.75) is 19.8 Å². The van der Waals surface area contributed by atoms with Crippen LogP contribution in [0.15, 0.2) is 96.0 Å². The molecule has 0 amide bonds. The Morgan fingerprint density at radius 1 is 1.27 bits per heavy atom. The van der Waals surface area contributed by atoms with Gasteiger partial charge in [0.1, 0.15) is 11.5 Å². The summed E-state index contributed by atoms with van der Waals surface area (Å²) in [5.41, 5.74) is 4.99. The molecule has 3 nitrogen and oxygen atoms in total. The molecule has 26 heavy (non-hydrogen) atoms. The summed E-state index contributed by atoms with van der Waals surface area (Å²) in [4.78, 5) is 8.72. The number of hydrogen-bond acceptors (Lipinski definition) is 3. The van der Waals surface area contributed by atoms with Gasteiger partial charge in [-0.05, 0) is 67.3 Å². The van der Waals surface area contributed by atoms with Gasteiger partial charge in [-0.25, -0.2) is 0 Å². The Kier molecular flexibility index (Phi) is 5.59. The van der Waals surface area contributed by atoms with Gasteiger partial charge in [0.2, 0.25) is 0 Å². The van der Waals surface area contributed by atoms with Crippen molar-refractivity contribution in [3.05, 3.63) is 96.6 Å². The van der Waals surface area contributed by atoms with Crippen LogP contribution in [-0.2, 0) is 0 Å². The third-order valence-corrected chi connectivity index (χ3v) is 4.06. The van der Waals surface area contributed by atoms with Crippen LogP contribution in [0.25, 0.3) is 11.3 Å². The Hall–Kier alpha value is -3.20. The molecule has 1 heterocycles. The maximum Gasteiger partial charge on any atom is 0.128 e. The maximum atomic E-state index is 6.08. The molecular formula is C23H22N2O. The summed E-state index contributed by atoms with van der Waals surface area (Å²) in [5.74, 6) is 1.60. The van der Waals surface area contributed by atoms with Gasteiger partial charge in [0.15, 0.2) is 0 Å². The van der Waals surface area contributed by atoms with Crippen LogP contribution in [0.2, 0.25) is 0 Å². The Morgan fingerprint density at radius 2 is 2.15 bits per heavy atom. The lowest BCUT2D eigenvalue weighted by atomic mass is 10.0. The van der Waals surface area contributed by atoms with Crippen molar-refractivity contribution in [1.82, 2.24) is 4.98 Å². The molecule has 1 aliphatic carbocycles. The van der Waals surface area contributed by atoms with Crippen molar-refractivity contribution in [2.75, 3.05) is 0 Å². The fourth-order valence-electron chi connectivity index (χ4n) is 2.75. The first-order valence-electron chi connectivity index (χ1n) is 8.62. The lowest BCUT2D eigenvalue weighted by molar-refractivity contribution is 0.438. The third kappa shape index (κ3) is 4.45. The molecule has 0 N–H and O–H groups in total. The van der Waals surface area contributed by atoms with Gasteiger partial charge < -0.3 is 4.74 Å². The first kappa shape index (κ1) is 17.6. The highest BCUT2D eigenvalue weighted by Crippen LogP contribution is 2.28. The molecule has 3 rings (SSSR count). The third-order valence-electron chi connectivity index (χ3n) is 4.06. The zero-order valence-corrected chi connectivity index (χ0v) is 15.0. The maximum absolute atomic E-state index is 6.08. The smallest absolute Gasteiger partial charge is 0.128 e. The fourth-order valence-corrected chi connectivity index (χ4v) is 2.75. The number of pyridine rings is 1. The molecule has 2 aromatic rings. The molecule has 3 heteroatoms. The van der Waals surface area contributed by atoms with Gasteiger partial charge in [0.05, 0.1) is 11.4 Å². The van der Waals surface area contributed by atoms with Crippen LogP contribution >= 0.6 is 0 Å². The van der Waals surface area contributed by atoms with E-state index in [2.05, 4.69) is 42.2 Å². The summed E-state index contributed by atoms with van der Waals surface area (Å²) in [7, 11) is 0. The molecule has 0 bridgehead atoms. The molecule has 0 saturated heterocycles. The SMILES string of the molecule is C=CC=NC(=C)C1=CC(Oc2cccc(-c3cc(C)ccn3)c2)=CCC1. The Labute approximate surface area is 154 Å². The number of rotatable bonds is 6. The van der Waals surface area contributed by atoms with Crippen LogP contribution in [0.5, 0.6) is 5.75 Å². The molecule has 0 spiro atoms. The molecular weight excluding hydrogens is 320 g/mol. The normalized spacial score (nSPS) is 13.9. The summed E-state index contributed by atoms with van der Waals surface area (Å²) in [5, 5.41) is 0. The number of ether oxygens (including phenoxy) is 1. The average molecular weight is 342 g/mol. The summed E-state index contributed by atoms with van der Waals surface area (Å²) in [6, 6.07) is 12.0. The van der Waals surface area contributed by atoms with E-state index >= 15 is 0 Å². The van der Waals surface area contributed by atoms with Gasteiger partial charge >= 0.3 is 0 Å². The monoisotopic (exact) mass is 342 g/mol. The minimum Gasteiger partial charge on any atom is -0.458 e. The first-order valence-corrected chi connectivity index (χ1v) is 8.62. The van der Waals surface area contributed by atoms with Crippen molar-refractivity contribution >= 4 is 6.21 Å². The number of aliphatic imine (C=N–C) groups is 1. The van der Waals surface area contributed by atoms with Gasteiger partial charge in [-0.1, -0.05) is 31.4 Å². The van der Waals surface area contributed by atoms with Crippen LogP contribution in [-0.4, -0.2) is 11.2 Å². The topological polar surface area (TPSA) is 34.5 Å². The summed E-state index contributed by atoms with van der Waals surface area (Å²) >= 11 is 0. The Balaban J connectivity index is 1.79. The van der Waals surface area contributed by atoms with Gasteiger partial charge in [0.25, 0.3) is 0 Å². The van der Waals surface area contributed by atoms with E-state index < -0.39 is 0 Å². The van der Waals surface area contributed by atoms with Crippen LogP contribution < -0.4 is 4.74 Å². The van der Waals surface area contributed by atoms with Gasteiger partial charge in [-0.15, -0.1) is 0 Å². The predicted molar refractivity (Wildman–Crippen MR) is 108 cm³/mol. The second-order valence-electron chi connectivity index (χ2n) is 6.12. The summed E-state index contributed by atoms with van der Waals surface area (Å²) in [6.45, 7) is 9.71. The minimum absolute atomic E-state index is 0.747. The molecule has 130 valence electrons. The molecule has 0 fully saturated rings. The lowest BCUT2D eigenvalue weighted by Gasteiger charge is -2.15. The van der Waals surface area contributed by atoms with Crippen LogP contribution in [0.3, 0.4) is 0 Å². The standard InChI is InChI=1S/C23H22N2O/c1-4-12-24-18(3)19-7-5-9-21(15-19)26-22-10-6-8-20(16-22)23-14-17(2)11-13-25-23/h4,6,8-16H,1,3,5,7H2,2H3. The summed E-state index contributed by atoms with van der Waals surface area (Å²) < 4.78 is 6.08. The molecule has 1 aromatic carbocycles. The first-order chi connectivity index (χ1) is 12.7. The molecule has 1 aromatic heterocycles. The highest BCUT2D eigenvalue weighted by molar-refractivity contribution is 5.72. The van der Waals surface area contributed by atoms with Crippen LogP contribution in [0, 0.1) is 6.92 Å². The zero-order valence-electron chi connectivity index (χ0n) is 15.0. The number of hydrogen-bond donors (Lipinski definition) is 0. The number of nitrogens with zero attached hydrogens (tertiary/aromatic N) is 2. The zero-order chi connectivity index (χ0) is 18.4. The van der Waals surface area contributed by atoms with E-state index in [0.717, 1.165) is 46.9 Å². The van der Waals surface area contributed by atoms with Crippen molar-refractivity contribution in [3.8, 4) is 17.0 Å². The molecule has 0 saturated carbocycles. The van der Waals surface area contributed by atoms with E-state index in [1.807, 2.05) is 42.6 Å². The average Bonchev–Trinajstić information content (AvgIpc) is 2.66. The number of benzene rings is 1. The van der Waals surface area contributed by atoms with Crippen LogP contribution in [0.4, 0.5) is 0 Å². The van der Waals surface area contributed by atoms with Gasteiger partial charge in [-0.3, -0.25) is 9.98 Å². The molecule has 0 atom stereocenters. The van der Waals surface area contributed by atoms with E-state index in [0.29, 0.717) is 0 Å².